The van der Waals surface area contributed by atoms with E-state index < -0.39 is 34.1 Å². The Hall–Kier alpha value is -1.65. The van der Waals surface area contributed by atoms with E-state index in [0.717, 1.165) is 0 Å². The molecule has 0 saturated heterocycles. The number of halogens is 3. The van der Waals surface area contributed by atoms with Crippen LogP contribution >= 0.6 is 0 Å². The Bertz CT molecular complexity index is 712. The Morgan fingerprint density at radius 2 is 1.65 bits per heavy atom. The van der Waals surface area contributed by atoms with Gasteiger partial charge in [0.05, 0.1) is 11.3 Å². The lowest BCUT2D eigenvalue weighted by Gasteiger charge is -2.25. The summed E-state index contributed by atoms with van der Waals surface area (Å²) in [5.41, 5.74) is -2.60. The third kappa shape index (κ3) is 5.42. The molecule has 1 atom stereocenters. The number of sulfonamides is 1. The maximum absolute atomic E-state index is 12.5. The lowest BCUT2D eigenvalue weighted by molar-refractivity contribution is -0.253. The first kappa shape index (κ1) is 22.4. The molecule has 0 aliphatic carbocycles. The van der Waals surface area contributed by atoms with Crippen molar-refractivity contribution in [3.63, 3.8) is 0 Å². The summed E-state index contributed by atoms with van der Waals surface area (Å²) < 4.78 is 63.6. The maximum atomic E-state index is 12.5. The van der Waals surface area contributed by atoms with E-state index in [1.165, 1.54) is 28.6 Å². The van der Waals surface area contributed by atoms with Crippen LogP contribution in [0.3, 0.4) is 0 Å². The van der Waals surface area contributed by atoms with E-state index in [1.54, 1.807) is 13.8 Å². The maximum Gasteiger partial charge on any atom is 0.417 e. The lowest BCUT2D eigenvalue weighted by atomic mass is 10.0. The predicted octanol–water partition coefficient (Wildman–Crippen LogP) is 2.04. The minimum atomic E-state index is -4.91. The second-order valence-electron chi connectivity index (χ2n) is 5.96. The van der Waals surface area contributed by atoms with E-state index in [2.05, 4.69) is 5.32 Å². The highest BCUT2D eigenvalue weighted by Crippen LogP contribution is 2.32. The van der Waals surface area contributed by atoms with Crippen molar-refractivity contribution in [1.29, 1.82) is 0 Å². The van der Waals surface area contributed by atoms with Crippen LogP contribution < -0.4 is 5.32 Å². The van der Waals surface area contributed by atoms with E-state index in [-0.39, 0.29) is 11.4 Å². The van der Waals surface area contributed by atoms with Gasteiger partial charge in [-0.3, -0.25) is 4.79 Å². The van der Waals surface area contributed by atoms with E-state index >= 15 is 0 Å². The molecule has 0 aliphatic heterocycles. The molecule has 0 unspecified atom stereocenters. The molecule has 1 aromatic carbocycles. The van der Waals surface area contributed by atoms with Crippen LogP contribution in [0.2, 0.25) is 0 Å². The molecule has 148 valence electrons. The number of carbonyl (C=O) groups excluding carboxylic acids is 1. The van der Waals surface area contributed by atoms with Crippen LogP contribution in [-0.2, 0) is 21.4 Å². The molecule has 0 bridgehead atoms. The molecule has 1 amide bonds. The van der Waals surface area contributed by atoms with Crippen molar-refractivity contribution in [2.45, 2.75) is 50.4 Å². The summed E-state index contributed by atoms with van der Waals surface area (Å²) in [4.78, 5) is 11.7. The lowest BCUT2D eigenvalue weighted by Crippen LogP contribution is -2.46. The largest absolute Gasteiger partial charge is 0.417 e. The average molecular weight is 396 g/mol. The highest BCUT2D eigenvalue weighted by atomic mass is 32.2. The van der Waals surface area contributed by atoms with Crippen LogP contribution in [0, 0.1) is 0 Å². The monoisotopic (exact) mass is 396 g/mol. The third-order valence-electron chi connectivity index (χ3n) is 3.87. The molecule has 0 fully saturated rings. The Kier molecular flexibility index (Phi) is 7.20. The van der Waals surface area contributed by atoms with Gasteiger partial charge in [0.2, 0.25) is 15.9 Å². The van der Waals surface area contributed by atoms with E-state index in [9.17, 15) is 31.5 Å². The van der Waals surface area contributed by atoms with Gasteiger partial charge < -0.3 is 10.4 Å². The van der Waals surface area contributed by atoms with Gasteiger partial charge in [0.25, 0.3) is 0 Å². The fourth-order valence-corrected chi connectivity index (χ4v) is 3.63. The van der Waals surface area contributed by atoms with Crippen LogP contribution in [0.5, 0.6) is 0 Å². The first-order valence-electron chi connectivity index (χ1n) is 8.00. The van der Waals surface area contributed by atoms with E-state index in [1.807, 2.05) is 0 Å². The van der Waals surface area contributed by atoms with Crippen molar-refractivity contribution in [1.82, 2.24) is 9.62 Å². The number of rotatable bonds is 8. The molecule has 0 saturated carbocycles. The number of hydrogen-bond donors (Lipinski definition) is 2. The SMILES string of the molecule is CCN(CC)S(=O)(=O)c1ccc(CNC(=O)C[C@@](C)(O)C(F)(F)F)cc1. The smallest absolute Gasteiger partial charge is 0.380 e. The van der Waals surface area contributed by atoms with Gasteiger partial charge in [-0.2, -0.15) is 17.5 Å². The first-order valence-corrected chi connectivity index (χ1v) is 9.44. The summed E-state index contributed by atoms with van der Waals surface area (Å²) in [6.07, 6.45) is -6.03. The minimum absolute atomic E-state index is 0.0850. The Labute approximate surface area is 151 Å². The molecule has 26 heavy (non-hydrogen) atoms. The summed E-state index contributed by atoms with van der Waals surface area (Å²) in [5, 5.41) is 11.6. The van der Waals surface area contributed by atoms with Crippen LogP contribution in [0.4, 0.5) is 13.2 Å². The number of hydrogen-bond acceptors (Lipinski definition) is 4. The molecule has 0 spiro atoms. The number of aliphatic hydroxyl groups is 1. The normalized spacial score (nSPS) is 14.9. The average Bonchev–Trinajstić information content (AvgIpc) is 2.52. The van der Waals surface area contributed by atoms with Gasteiger partial charge in [-0.25, -0.2) is 8.42 Å². The summed E-state index contributed by atoms with van der Waals surface area (Å²) in [6.45, 7) is 4.55. The molecule has 6 nitrogen and oxygen atoms in total. The Morgan fingerprint density at radius 3 is 2.08 bits per heavy atom. The number of nitrogens with zero attached hydrogens (tertiary/aromatic N) is 1. The van der Waals surface area contributed by atoms with Crippen molar-refractivity contribution in [3.05, 3.63) is 29.8 Å². The zero-order valence-corrected chi connectivity index (χ0v) is 15.6. The third-order valence-corrected chi connectivity index (χ3v) is 5.94. The van der Waals surface area contributed by atoms with Gasteiger partial charge in [-0.15, -0.1) is 0 Å². The van der Waals surface area contributed by atoms with Crippen LogP contribution in [-0.4, -0.2) is 48.6 Å². The van der Waals surface area contributed by atoms with Gasteiger partial charge in [-0.1, -0.05) is 26.0 Å². The molecule has 10 heteroatoms. The number of carbonyl (C=O) groups is 1. The first-order chi connectivity index (χ1) is 11.8. The van der Waals surface area contributed by atoms with Gasteiger partial charge in [0.1, 0.15) is 0 Å². The molecule has 1 aromatic rings. The van der Waals surface area contributed by atoms with Crippen molar-refractivity contribution < 1.29 is 31.5 Å². The molecule has 2 N–H and O–H groups in total. The predicted molar refractivity (Wildman–Crippen MR) is 89.7 cm³/mol. The van der Waals surface area contributed by atoms with Crippen molar-refractivity contribution in [2.75, 3.05) is 13.1 Å². The standard InChI is InChI=1S/C16H23F3N2O4S/c1-4-21(5-2)26(24,25)13-8-6-12(7-9-13)11-20-14(22)10-15(3,23)16(17,18)19/h6-9,23H,4-5,10-11H2,1-3H3,(H,20,22)/t15-/m1/s1. The molecular weight excluding hydrogens is 373 g/mol. The fourth-order valence-electron chi connectivity index (χ4n) is 2.17. The minimum Gasteiger partial charge on any atom is -0.380 e. The molecule has 0 heterocycles. The second kappa shape index (κ2) is 8.36. The van der Waals surface area contributed by atoms with Gasteiger partial charge in [-0.05, 0) is 24.6 Å². The quantitative estimate of drug-likeness (QED) is 0.704. The van der Waals surface area contributed by atoms with Crippen molar-refractivity contribution in [2.24, 2.45) is 0 Å². The van der Waals surface area contributed by atoms with Gasteiger partial charge >= 0.3 is 6.18 Å². The molecule has 0 aliphatic rings. The molecule has 0 aromatic heterocycles. The highest BCUT2D eigenvalue weighted by molar-refractivity contribution is 7.89. The topological polar surface area (TPSA) is 86.7 Å². The van der Waals surface area contributed by atoms with Crippen molar-refractivity contribution in [3.8, 4) is 0 Å². The van der Waals surface area contributed by atoms with Crippen LogP contribution in [0.1, 0.15) is 32.8 Å². The number of alkyl halides is 3. The van der Waals surface area contributed by atoms with Crippen molar-refractivity contribution >= 4 is 15.9 Å². The number of nitrogens with one attached hydrogen (secondary N) is 1. The van der Waals surface area contributed by atoms with Crippen LogP contribution in [0.15, 0.2) is 29.2 Å². The number of benzene rings is 1. The van der Waals surface area contributed by atoms with Gasteiger partial charge in [0.15, 0.2) is 5.60 Å². The highest BCUT2D eigenvalue weighted by Gasteiger charge is 2.50. The summed E-state index contributed by atoms with van der Waals surface area (Å²) >= 11 is 0. The second-order valence-corrected chi connectivity index (χ2v) is 7.90. The summed E-state index contributed by atoms with van der Waals surface area (Å²) in [6, 6.07) is 5.69. The molecule has 0 radical (unpaired) electrons. The Balaban J connectivity index is 2.73. The zero-order valence-electron chi connectivity index (χ0n) is 14.8. The fraction of sp³-hybridized carbons (Fsp3) is 0.562. The summed E-state index contributed by atoms with van der Waals surface area (Å²) in [7, 11) is -3.60. The zero-order chi connectivity index (χ0) is 20.2. The number of amides is 1. The van der Waals surface area contributed by atoms with E-state index in [4.69, 9.17) is 0 Å². The van der Waals surface area contributed by atoms with Gasteiger partial charge in [0, 0.05) is 19.6 Å². The Morgan fingerprint density at radius 1 is 1.15 bits per heavy atom. The molecule has 1 rings (SSSR count). The van der Waals surface area contributed by atoms with Crippen LogP contribution in [0.25, 0.3) is 0 Å². The summed E-state index contributed by atoms with van der Waals surface area (Å²) in [5.74, 6) is -0.966. The van der Waals surface area contributed by atoms with E-state index in [0.29, 0.717) is 25.6 Å². The molecular formula is C16H23F3N2O4S.